The lowest BCUT2D eigenvalue weighted by molar-refractivity contribution is 0.388. The van der Waals surface area contributed by atoms with Crippen molar-refractivity contribution in [2.24, 2.45) is 0 Å². The molecule has 2 aromatic heterocycles. The lowest BCUT2D eigenvalue weighted by Gasteiger charge is -2.08. The minimum atomic E-state index is -0.139. The van der Waals surface area contributed by atoms with Gasteiger partial charge in [0.05, 0.1) is 24.6 Å². The maximum atomic E-state index is 11.9. The van der Waals surface area contributed by atoms with Gasteiger partial charge < -0.3 is 9.84 Å². The Bertz CT molecular complexity index is 565. The molecule has 96 valence electrons. The molecule has 18 heavy (non-hydrogen) atoms. The smallest absolute Gasteiger partial charge is 0.283 e. The van der Waals surface area contributed by atoms with E-state index in [4.69, 9.17) is 4.52 Å². The van der Waals surface area contributed by atoms with Gasteiger partial charge in [0.2, 0.25) is 0 Å². The van der Waals surface area contributed by atoms with Crippen LogP contribution in [0.5, 0.6) is 0 Å². The van der Waals surface area contributed by atoms with Gasteiger partial charge in [-0.05, 0) is 22.4 Å². The molecule has 2 rings (SSSR count). The van der Waals surface area contributed by atoms with Crippen molar-refractivity contribution in [1.82, 2.24) is 14.9 Å². The number of aryl methyl sites for hydroxylation is 1. The van der Waals surface area contributed by atoms with Gasteiger partial charge in [-0.15, -0.1) is 0 Å². The van der Waals surface area contributed by atoms with E-state index in [1.165, 1.54) is 4.68 Å². The zero-order valence-electron chi connectivity index (χ0n) is 9.89. The van der Waals surface area contributed by atoms with Crippen LogP contribution in [-0.4, -0.2) is 14.9 Å². The Morgan fingerprint density at radius 1 is 1.56 bits per heavy atom. The largest absolute Gasteiger partial charge is 0.375 e. The first kappa shape index (κ1) is 12.8. The van der Waals surface area contributed by atoms with Gasteiger partial charge in [0, 0.05) is 12.6 Å². The summed E-state index contributed by atoms with van der Waals surface area (Å²) in [6.07, 6.45) is 4.06. The maximum absolute atomic E-state index is 11.9. The van der Waals surface area contributed by atoms with Crippen molar-refractivity contribution in [3.05, 3.63) is 39.0 Å². The normalized spacial score (nSPS) is 10.6. The molecule has 0 aliphatic rings. The summed E-state index contributed by atoms with van der Waals surface area (Å²) >= 11 is 3.28. The zero-order valence-corrected chi connectivity index (χ0v) is 11.5. The standard InChI is InChI=1S/C11H13BrN4O2/c1-2-5-16-11(17)10(12)9(7-14-16)13-6-8-3-4-15-18-8/h3-4,7,13H,2,5-6H2,1H3. The number of nitrogens with one attached hydrogen (secondary N) is 1. The van der Waals surface area contributed by atoms with E-state index in [0.717, 1.165) is 6.42 Å². The second-order valence-corrected chi connectivity index (χ2v) is 4.53. The van der Waals surface area contributed by atoms with Crippen LogP contribution < -0.4 is 10.9 Å². The van der Waals surface area contributed by atoms with Crippen LogP contribution in [0.2, 0.25) is 0 Å². The SMILES string of the molecule is CCCn1ncc(NCc2ccno2)c(Br)c1=O. The van der Waals surface area contributed by atoms with Crippen molar-refractivity contribution in [2.75, 3.05) is 5.32 Å². The summed E-state index contributed by atoms with van der Waals surface area (Å²) in [4.78, 5) is 11.9. The van der Waals surface area contributed by atoms with Crippen LogP contribution >= 0.6 is 15.9 Å². The molecule has 0 radical (unpaired) electrons. The number of anilines is 1. The van der Waals surface area contributed by atoms with Gasteiger partial charge >= 0.3 is 0 Å². The number of aromatic nitrogens is 3. The molecule has 0 fully saturated rings. The molecule has 0 saturated carbocycles. The van der Waals surface area contributed by atoms with Gasteiger partial charge in [0.25, 0.3) is 5.56 Å². The Hall–Kier alpha value is -1.63. The predicted octanol–water partition coefficient (Wildman–Crippen LogP) is 2.02. The molecule has 0 unspecified atom stereocenters. The summed E-state index contributed by atoms with van der Waals surface area (Å²) in [7, 11) is 0. The molecule has 0 aliphatic carbocycles. The number of hydrogen-bond acceptors (Lipinski definition) is 5. The molecular weight excluding hydrogens is 300 g/mol. The summed E-state index contributed by atoms with van der Waals surface area (Å²) in [5.74, 6) is 0.694. The predicted molar refractivity (Wildman–Crippen MR) is 70.3 cm³/mol. The molecule has 0 aliphatic heterocycles. The zero-order chi connectivity index (χ0) is 13.0. The first-order chi connectivity index (χ1) is 8.72. The highest BCUT2D eigenvalue weighted by Crippen LogP contribution is 2.17. The Labute approximate surface area is 112 Å². The molecule has 0 spiro atoms. The van der Waals surface area contributed by atoms with Gasteiger partial charge in [0.1, 0.15) is 4.47 Å². The maximum Gasteiger partial charge on any atom is 0.283 e. The topological polar surface area (TPSA) is 73.0 Å². The number of rotatable bonds is 5. The van der Waals surface area contributed by atoms with E-state index in [2.05, 4.69) is 31.5 Å². The van der Waals surface area contributed by atoms with Crippen molar-refractivity contribution in [2.45, 2.75) is 26.4 Å². The number of hydrogen-bond donors (Lipinski definition) is 1. The minimum absolute atomic E-state index is 0.139. The van der Waals surface area contributed by atoms with E-state index in [-0.39, 0.29) is 5.56 Å². The van der Waals surface area contributed by atoms with E-state index in [9.17, 15) is 4.79 Å². The highest BCUT2D eigenvalue weighted by atomic mass is 79.9. The first-order valence-electron chi connectivity index (χ1n) is 5.61. The van der Waals surface area contributed by atoms with Gasteiger partial charge in [0.15, 0.2) is 5.76 Å². The molecule has 0 amide bonds. The van der Waals surface area contributed by atoms with E-state index in [0.29, 0.717) is 29.0 Å². The molecule has 6 nitrogen and oxygen atoms in total. The molecule has 0 saturated heterocycles. The quantitative estimate of drug-likeness (QED) is 0.914. The summed E-state index contributed by atoms with van der Waals surface area (Å²) in [6, 6.07) is 1.76. The fourth-order valence-electron chi connectivity index (χ4n) is 1.48. The molecule has 7 heteroatoms. The molecule has 0 atom stereocenters. The van der Waals surface area contributed by atoms with E-state index >= 15 is 0 Å². The highest BCUT2D eigenvalue weighted by molar-refractivity contribution is 9.10. The Kier molecular flexibility index (Phi) is 4.14. The number of halogens is 1. The molecule has 0 aromatic carbocycles. The van der Waals surface area contributed by atoms with Crippen LogP contribution in [-0.2, 0) is 13.1 Å². The van der Waals surface area contributed by atoms with Crippen molar-refractivity contribution < 1.29 is 4.52 Å². The van der Waals surface area contributed by atoms with Crippen molar-refractivity contribution >= 4 is 21.6 Å². The van der Waals surface area contributed by atoms with Gasteiger partial charge in [-0.2, -0.15) is 5.10 Å². The van der Waals surface area contributed by atoms with Crippen LogP contribution in [0.25, 0.3) is 0 Å². The summed E-state index contributed by atoms with van der Waals surface area (Å²) in [6.45, 7) is 3.06. The monoisotopic (exact) mass is 312 g/mol. The first-order valence-corrected chi connectivity index (χ1v) is 6.40. The third kappa shape index (κ3) is 2.79. The van der Waals surface area contributed by atoms with Crippen LogP contribution in [0.3, 0.4) is 0 Å². The summed E-state index contributed by atoms with van der Waals surface area (Å²) < 4.78 is 6.87. The van der Waals surface area contributed by atoms with Crippen LogP contribution in [0, 0.1) is 0 Å². The lowest BCUT2D eigenvalue weighted by atomic mass is 10.4. The molecule has 2 aromatic rings. The Balaban J connectivity index is 2.14. The van der Waals surface area contributed by atoms with E-state index < -0.39 is 0 Å². The lowest BCUT2D eigenvalue weighted by Crippen LogP contribution is -2.24. The second kappa shape index (κ2) is 5.81. The average Bonchev–Trinajstić information content (AvgIpc) is 2.87. The third-order valence-electron chi connectivity index (χ3n) is 2.36. The van der Waals surface area contributed by atoms with Crippen LogP contribution in [0.4, 0.5) is 5.69 Å². The molecule has 0 bridgehead atoms. The van der Waals surface area contributed by atoms with E-state index in [1.54, 1.807) is 18.5 Å². The Morgan fingerprint density at radius 2 is 2.39 bits per heavy atom. The van der Waals surface area contributed by atoms with Crippen LogP contribution in [0.1, 0.15) is 19.1 Å². The van der Waals surface area contributed by atoms with Crippen LogP contribution in [0.15, 0.2) is 32.3 Å². The van der Waals surface area contributed by atoms with Crippen molar-refractivity contribution in [3.8, 4) is 0 Å². The fourth-order valence-corrected chi connectivity index (χ4v) is 1.92. The Morgan fingerprint density at radius 3 is 3.06 bits per heavy atom. The minimum Gasteiger partial charge on any atom is -0.375 e. The molecule has 2 heterocycles. The third-order valence-corrected chi connectivity index (χ3v) is 3.13. The van der Waals surface area contributed by atoms with Crippen molar-refractivity contribution in [3.63, 3.8) is 0 Å². The average molecular weight is 313 g/mol. The van der Waals surface area contributed by atoms with Gasteiger partial charge in [-0.25, -0.2) is 4.68 Å². The van der Waals surface area contributed by atoms with Gasteiger partial charge in [-0.3, -0.25) is 4.79 Å². The molecular formula is C11H13BrN4O2. The summed E-state index contributed by atoms with van der Waals surface area (Å²) in [5, 5.41) is 10.8. The van der Waals surface area contributed by atoms with Gasteiger partial charge in [-0.1, -0.05) is 12.1 Å². The highest BCUT2D eigenvalue weighted by Gasteiger charge is 2.08. The van der Waals surface area contributed by atoms with E-state index in [1.807, 2.05) is 6.92 Å². The van der Waals surface area contributed by atoms with Crippen molar-refractivity contribution in [1.29, 1.82) is 0 Å². The second-order valence-electron chi connectivity index (χ2n) is 3.73. The summed E-state index contributed by atoms with van der Waals surface area (Å²) in [5.41, 5.74) is 0.503. The molecule has 1 N–H and O–H groups in total. The number of nitrogens with zero attached hydrogens (tertiary/aromatic N) is 3. The fraction of sp³-hybridized carbons (Fsp3) is 0.364.